The molecule has 1 amide bonds. The van der Waals surface area contributed by atoms with Crippen molar-refractivity contribution in [2.75, 3.05) is 6.61 Å². The van der Waals surface area contributed by atoms with Crippen molar-refractivity contribution in [2.24, 2.45) is 0 Å². The number of amides is 1. The zero-order chi connectivity index (χ0) is 21.0. The lowest BCUT2D eigenvalue weighted by Gasteiger charge is -2.34. The molecule has 1 heterocycles. The highest BCUT2D eigenvalue weighted by Crippen LogP contribution is 2.38. The van der Waals surface area contributed by atoms with Crippen LogP contribution in [0.4, 0.5) is 4.39 Å². The van der Waals surface area contributed by atoms with E-state index < -0.39 is 17.7 Å². The van der Waals surface area contributed by atoms with Crippen molar-refractivity contribution < 1.29 is 18.7 Å². The lowest BCUT2D eigenvalue weighted by atomic mass is 9.83. The van der Waals surface area contributed by atoms with Gasteiger partial charge in [0, 0.05) is 28.6 Å². The first-order chi connectivity index (χ1) is 13.9. The largest absolute Gasteiger partial charge is 0.458 e. The fourth-order valence-corrected chi connectivity index (χ4v) is 3.58. The van der Waals surface area contributed by atoms with E-state index in [1.54, 1.807) is 49.4 Å². The molecule has 0 aromatic heterocycles. The molecule has 0 saturated heterocycles. The molecule has 0 unspecified atom stereocenters. The number of hydrogen-bond acceptors (Lipinski definition) is 3. The van der Waals surface area contributed by atoms with E-state index in [-0.39, 0.29) is 25.5 Å². The van der Waals surface area contributed by atoms with E-state index in [0.717, 1.165) is 5.56 Å². The first kappa shape index (κ1) is 20.8. The number of halogens is 2. The van der Waals surface area contributed by atoms with E-state index in [1.807, 2.05) is 0 Å². The molecule has 0 bridgehead atoms. The third kappa shape index (κ3) is 4.57. The van der Waals surface area contributed by atoms with E-state index in [9.17, 15) is 14.0 Å². The summed E-state index contributed by atoms with van der Waals surface area (Å²) in [5, 5.41) is 0.563. The van der Waals surface area contributed by atoms with E-state index in [0.29, 0.717) is 21.9 Å². The molecule has 1 atom stereocenters. The van der Waals surface area contributed by atoms with Gasteiger partial charge in [-0.2, -0.15) is 0 Å². The van der Waals surface area contributed by atoms with Gasteiger partial charge in [-0.05, 0) is 30.7 Å². The van der Waals surface area contributed by atoms with Crippen LogP contribution < -0.4 is 0 Å². The zero-order valence-electron chi connectivity index (χ0n) is 16.0. The Morgan fingerprint density at radius 2 is 1.97 bits per heavy atom. The minimum Gasteiger partial charge on any atom is -0.458 e. The molecule has 0 aliphatic carbocycles. The highest BCUT2D eigenvalue weighted by molar-refractivity contribution is 6.30. The van der Waals surface area contributed by atoms with Crippen molar-refractivity contribution >= 4 is 23.5 Å². The smallest absolute Gasteiger partial charge is 0.336 e. The fraction of sp³-hybridized carbons (Fsp3) is 0.217. The quantitative estimate of drug-likeness (QED) is 0.494. The highest BCUT2D eigenvalue weighted by Gasteiger charge is 2.37. The van der Waals surface area contributed by atoms with Crippen LogP contribution in [0.2, 0.25) is 5.02 Å². The molecule has 0 fully saturated rings. The van der Waals surface area contributed by atoms with Gasteiger partial charge < -0.3 is 9.64 Å². The third-order valence-corrected chi connectivity index (χ3v) is 5.19. The minimum absolute atomic E-state index is 0.0446. The Balaban J connectivity index is 2.03. The van der Waals surface area contributed by atoms with Gasteiger partial charge in [-0.1, -0.05) is 54.6 Å². The number of benzene rings is 2. The van der Waals surface area contributed by atoms with Gasteiger partial charge in [0.05, 0.1) is 12.1 Å². The van der Waals surface area contributed by atoms with Crippen molar-refractivity contribution in [2.45, 2.75) is 25.8 Å². The second kappa shape index (κ2) is 9.05. The van der Waals surface area contributed by atoms with E-state index in [2.05, 4.69) is 6.58 Å². The Labute approximate surface area is 174 Å². The molecule has 1 aliphatic heterocycles. The molecule has 0 N–H and O–H groups in total. The van der Waals surface area contributed by atoms with Gasteiger partial charge in [-0.15, -0.1) is 0 Å². The molecular weight excluding hydrogens is 393 g/mol. The molecular formula is C23H21ClFNO3. The molecule has 2 aromatic rings. The van der Waals surface area contributed by atoms with Crippen LogP contribution in [-0.2, 0) is 20.9 Å². The van der Waals surface area contributed by atoms with E-state index >= 15 is 0 Å². The summed E-state index contributed by atoms with van der Waals surface area (Å²) < 4.78 is 19.4. The molecule has 29 heavy (non-hydrogen) atoms. The van der Waals surface area contributed by atoms with Gasteiger partial charge >= 0.3 is 5.97 Å². The van der Waals surface area contributed by atoms with Gasteiger partial charge in [-0.3, -0.25) is 4.79 Å². The summed E-state index contributed by atoms with van der Waals surface area (Å²) in [5.74, 6) is -1.57. The van der Waals surface area contributed by atoms with Gasteiger partial charge in [0.25, 0.3) is 0 Å². The SMILES string of the molecule is C=CCOC(=O)C1=C(C)N(Cc2ccccc2F)C(=O)C[C@H]1c1ccc(Cl)cc1. The number of carbonyl (C=O) groups excluding carboxylic acids is 2. The first-order valence-electron chi connectivity index (χ1n) is 9.20. The molecule has 0 saturated carbocycles. The second-order valence-electron chi connectivity index (χ2n) is 6.77. The monoisotopic (exact) mass is 413 g/mol. The molecule has 3 rings (SSSR count). The number of nitrogens with zero attached hydrogens (tertiary/aromatic N) is 1. The first-order valence-corrected chi connectivity index (χ1v) is 9.58. The maximum atomic E-state index is 14.1. The summed E-state index contributed by atoms with van der Waals surface area (Å²) in [6.07, 6.45) is 1.56. The Bertz CT molecular complexity index is 968. The van der Waals surface area contributed by atoms with Crippen molar-refractivity contribution in [3.63, 3.8) is 0 Å². The van der Waals surface area contributed by atoms with Gasteiger partial charge in [-0.25, -0.2) is 9.18 Å². The number of rotatable bonds is 6. The Hall–Kier alpha value is -2.92. The Morgan fingerprint density at radius 1 is 1.28 bits per heavy atom. The van der Waals surface area contributed by atoms with Gasteiger partial charge in [0.1, 0.15) is 12.4 Å². The highest BCUT2D eigenvalue weighted by atomic mass is 35.5. The summed E-state index contributed by atoms with van der Waals surface area (Å²) in [7, 11) is 0. The van der Waals surface area contributed by atoms with Gasteiger partial charge in [0.2, 0.25) is 5.91 Å². The van der Waals surface area contributed by atoms with E-state index in [4.69, 9.17) is 16.3 Å². The summed E-state index contributed by atoms with van der Waals surface area (Å²) >= 11 is 5.98. The Morgan fingerprint density at radius 3 is 2.62 bits per heavy atom. The van der Waals surface area contributed by atoms with Crippen molar-refractivity contribution in [3.8, 4) is 0 Å². The molecule has 150 valence electrons. The summed E-state index contributed by atoms with van der Waals surface area (Å²) in [6.45, 7) is 5.35. The lowest BCUT2D eigenvalue weighted by molar-refractivity contribution is -0.139. The average molecular weight is 414 g/mol. The van der Waals surface area contributed by atoms with Crippen LogP contribution in [-0.4, -0.2) is 23.4 Å². The van der Waals surface area contributed by atoms with Crippen LogP contribution >= 0.6 is 11.6 Å². The van der Waals surface area contributed by atoms with Crippen molar-refractivity contribution in [1.82, 2.24) is 4.90 Å². The minimum atomic E-state index is -0.520. The summed E-state index contributed by atoms with van der Waals surface area (Å²) in [5.41, 5.74) is 2.01. The number of hydrogen-bond donors (Lipinski definition) is 0. The standard InChI is InChI=1S/C23H21ClFNO3/c1-3-12-29-23(28)22-15(2)26(14-17-6-4-5-7-20(17)25)21(27)13-19(22)16-8-10-18(24)11-9-16/h3-11,19H,1,12-14H2,2H3/t19-/m0/s1. The number of carbonyl (C=O) groups is 2. The fourth-order valence-electron chi connectivity index (χ4n) is 3.46. The Kier molecular flexibility index (Phi) is 6.49. The zero-order valence-corrected chi connectivity index (χ0v) is 16.8. The van der Waals surface area contributed by atoms with Crippen LogP contribution in [0.5, 0.6) is 0 Å². The molecule has 6 heteroatoms. The summed E-state index contributed by atoms with van der Waals surface area (Å²) in [4.78, 5) is 27.2. The van der Waals surface area contributed by atoms with Crippen LogP contribution in [0.25, 0.3) is 0 Å². The number of esters is 1. The van der Waals surface area contributed by atoms with Gasteiger partial charge in [0.15, 0.2) is 0 Å². The van der Waals surface area contributed by atoms with Crippen molar-refractivity contribution in [3.05, 3.63) is 94.4 Å². The second-order valence-corrected chi connectivity index (χ2v) is 7.20. The predicted octanol–water partition coefficient (Wildman–Crippen LogP) is 5.00. The van der Waals surface area contributed by atoms with Crippen LogP contribution in [0.3, 0.4) is 0 Å². The van der Waals surface area contributed by atoms with Crippen LogP contribution in [0.1, 0.15) is 30.4 Å². The average Bonchev–Trinajstić information content (AvgIpc) is 2.70. The summed E-state index contributed by atoms with van der Waals surface area (Å²) in [6, 6.07) is 13.3. The van der Waals surface area contributed by atoms with Crippen LogP contribution in [0.15, 0.2) is 72.5 Å². The number of ether oxygens (including phenoxy) is 1. The molecule has 2 aromatic carbocycles. The topological polar surface area (TPSA) is 46.6 Å². The predicted molar refractivity (Wildman–Crippen MR) is 110 cm³/mol. The lowest BCUT2D eigenvalue weighted by Crippen LogP contribution is -2.38. The van der Waals surface area contributed by atoms with Crippen LogP contribution in [0, 0.1) is 5.82 Å². The third-order valence-electron chi connectivity index (χ3n) is 4.93. The molecule has 0 spiro atoms. The molecule has 4 nitrogen and oxygen atoms in total. The normalized spacial score (nSPS) is 16.7. The molecule has 0 radical (unpaired) electrons. The van der Waals surface area contributed by atoms with Crippen molar-refractivity contribution in [1.29, 1.82) is 0 Å². The maximum absolute atomic E-state index is 14.1. The molecule has 1 aliphatic rings. The van der Waals surface area contributed by atoms with E-state index in [1.165, 1.54) is 17.0 Å². The number of allylic oxidation sites excluding steroid dienone is 1. The maximum Gasteiger partial charge on any atom is 0.336 e.